The standard InChI is InChI=1S/C10H14O2/c1-6-3-8-4-7(6)5-10(8,2)9(11)12/h3,7-8H,4-5H2,1-2H3,(H,11,12). The molecule has 0 saturated heterocycles. The number of fused-ring (bicyclic) bond motifs is 2. The Morgan fingerprint density at radius 2 is 2.42 bits per heavy atom. The topological polar surface area (TPSA) is 37.3 Å². The Kier molecular flexibility index (Phi) is 1.39. The highest BCUT2D eigenvalue weighted by Gasteiger charge is 2.51. The maximum atomic E-state index is 11.0. The van der Waals surface area contributed by atoms with E-state index >= 15 is 0 Å². The second-order valence-corrected chi connectivity index (χ2v) is 4.38. The number of carbonyl (C=O) groups is 1. The van der Waals surface area contributed by atoms with Crippen molar-refractivity contribution in [3.63, 3.8) is 0 Å². The fourth-order valence-corrected chi connectivity index (χ4v) is 2.61. The third kappa shape index (κ3) is 0.780. The zero-order chi connectivity index (χ0) is 8.93. The average Bonchev–Trinajstić information content (AvgIpc) is 2.45. The first-order chi connectivity index (χ1) is 5.54. The molecule has 1 N–H and O–H groups in total. The largest absolute Gasteiger partial charge is 0.481 e. The van der Waals surface area contributed by atoms with Crippen LogP contribution in [0.2, 0.25) is 0 Å². The minimum absolute atomic E-state index is 0.292. The van der Waals surface area contributed by atoms with Crippen LogP contribution in [-0.4, -0.2) is 11.1 Å². The molecular weight excluding hydrogens is 152 g/mol. The van der Waals surface area contributed by atoms with E-state index < -0.39 is 11.4 Å². The van der Waals surface area contributed by atoms with Gasteiger partial charge in [0.2, 0.25) is 0 Å². The molecule has 0 aromatic carbocycles. The number of carboxylic acids is 1. The van der Waals surface area contributed by atoms with Gasteiger partial charge in [-0.2, -0.15) is 0 Å². The Balaban J connectivity index is 2.32. The van der Waals surface area contributed by atoms with Crippen molar-refractivity contribution in [2.24, 2.45) is 17.3 Å². The molecule has 0 amide bonds. The Hall–Kier alpha value is -0.790. The maximum absolute atomic E-state index is 11.0. The first-order valence-electron chi connectivity index (χ1n) is 4.46. The third-order valence-electron chi connectivity index (χ3n) is 3.62. The van der Waals surface area contributed by atoms with Crippen LogP contribution in [0.4, 0.5) is 0 Å². The molecular formula is C10H14O2. The third-order valence-corrected chi connectivity index (χ3v) is 3.62. The zero-order valence-electron chi connectivity index (χ0n) is 7.50. The number of rotatable bonds is 1. The lowest BCUT2D eigenvalue weighted by Crippen LogP contribution is -2.32. The molecule has 3 atom stereocenters. The lowest BCUT2D eigenvalue weighted by molar-refractivity contribution is -0.149. The summed E-state index contributed by atoms with van der Waals surface area (Å²) < 4.78 is 0. The molecule has 0 radical (unpaired) electrons. The highest BCUT2D eigenvalue weighted by Crippen LogP contribution is 2.54. The molecule has 0 spiro atoms. The normalized spacial score (nSPS) is 44.7. The number of aliphatic carboxylic acids is 1. The zero-order valence-corrected chi connectivity index (χ0v) is 7.50. The van der Waals surface area contributed by atoms with Gasteiger partial charge in [-0.05, 0) is 38.5 Å². The van der Waals surface area contributed by atoms with E-state index in [1.54, 1.807) is 0 Å². The molecule has 0 heterocycles. The van der Waals surface area contributed by atoms with Crippen molar-refractivity contribution in [2.75, 3.05) is 0 Å². The molecule has 0 aromatic rings. The molecule has 1 fully saturated rings. The van der Waals surface area contributed by atoms with Crippen LogP contribution in [0.3, 0.4) is 0 Å². The summed E-state index contributed by atoms with van der Waals surface area (Å²) in [4.78, 5) is 11.0. The second kappa shape index (κ2) is 2.12. The molecule has 3 unspecified atom stereocenters. The molecule has 1 saturated carbocycles. The minimum Gasteiger partial charge on any atom is -0.481 e. The minimum atomic E-state index is -0.626. The summed E-state index contributed by atoms with van der Waals surface area (Å²) in [6.45, 7) is 4.00. The van der Waals surface area contributed by atoms with Crippen molar-refractivity contribution < 1.29 is 9.90 Å². The van der Waals surface area contributed by atoms with Gasteiger partial charge in [-0.15, -0.1) is 0 Å². The predicted molar refractivity (Wildman–Crippen MR) is 45.7 cm³/mol. The number of hydrogen-bond acceptors (Lipinski definition) is 1. The quantitative estimate of drug-likeness (QED) is 0.605. The highest BCUT2D eigenvalue weighted by molar-refractivity contribution is 5.76. The lowest BCUT2D eigenvalue weighted by Gasteiger charge is -2.27. The molecule has 0 aromatic heterocycles. The van der Waals surface area contributed by atoms with Crippen molar-refractivity contribution in [3.05, 3.63) is 11.6 Å². The van der Waals surface area contributed by atoms with E-state index in [1.165, 1.54) is 5.57 Å². The molecule has 2 rings (SSSR count). The van der Waals surface area contributed by atoms with E-state index in [-0.39, 0.29) is 0 Å². The van der Waals surface area contributed by atoms with Gasteiger partial charge in [-0.25, -0.2) is 0 Å². The van der Waals surface area contributed by atoms with Gasteiger partial charge in [0.05, 0.1) is 5.41 Å². The van der Waals surface area contributed by atoms with Crippen molar-refractivity contribution in [2.45, 2.75) is 26.7 Å². The fraction of sp³-hybridized carbons (Fsp3) is 0.700. The summed E-state index contributed by atoms with van der Waals surface area (Å²) in [5, 5.41) is 9.05. The van der Waals surface area contributed by atoms with Crippen LogP contribution < -0.4 is 0 Å². The first kappa shape index (κ1) is 7.84. The van der Waals surface area contributed by atoms with Gasteiger partial charge in [0, 0.05) is 0 Å². The van der Waals surface area contributed by atoms with E-state index in [4.69, 9.17) is 5.11 Å². The van der Waals surface area contributed by atoms with Gasteiger partial charge < -0.3 is 5.11 Å². The maximum Gasteiger partial charge on any atom is 0.309 e. The molecule has 2 aliphatic carbocycles. The van der Waals surface area contributed by atoms with E-state index in [0.29, 0.717) is 11.8 Å². The number of allylic oxidation sites excluding steroid dienone is 2. The Morgan fingerprint density at radius 1 is 1.75 bits per heavy atom. The van der Waals surface area contributed by atoms with Crippen LogP contribution in [0.1, 0.15) is 26.7 Å². The predicted octanol–water partition coefficient (Wildman–Crippen LogP) is 2.06. The fourth-order valence-electron chi connectivity index (χ4n) is 2.61. The molecule has 2 nitrogen and oxygen atoms in total. The molecule has 0 aliphatic heterocycles. The van der Waals surface area contributed by atoms with Crippen LogP contribution in [-0.2, 0) is 4.79 Å². The number of carboxylic acid groups (broad SMARTS) is 1. The molecule has 12 heavy (non-hydrogen) atoms. The van der Waals surface area contributed by atoms with E-state index in [9.17, 15) is 4.79 Å². The summed E-state index contributed by atoms with van der Waals surface area (Å²) in [7, 11) is 0. The summed E-state index contributed by atoms with van der Waals surface area (Å²) in [5.74, 6) is 0.217. The summed E-state index contributed by atoms with van der Waals surface area (Å²) >= 11 is 0. The monoisotopic (exact) mass is 166 g/mol. The van der Waals surface area contributed by atoms with E-state index in [0.717, 1.165) is 12.8 Å². The van der Waals surface area contributed by atoms with Crippen LogP contribution in [0.5, 0.6) is 0 Å². The molecule has 66 valence electrons. The Bertz CT molecular complexity index is 267. The lowest BCUT2D eigenvalue weighted by atomic mass is 9.76. The first-order valence-corrected chi connectivity index (χ1v) is 4.46. The SMILES string of the molecule is CC1=CC2CC1CC2(C)C(=O)O. The Morgan fingerprint density at radius 3 is 2.75 bits per heavy atom. The van der Waals surface area contributed by atoms with Gasteiger partial charge >= 0.3 is 5.97 Å². The van der Waals surface area contributed by atoms with Gasteiger partial charge in [-0.1, -0.05) is 11.6 Å². The van der Waals surface area contributed by atoms with Gasteiger partial charge in [0.1, 0.15) is 0 Å². The van der Waals surface area contributed by atoms with Gasteiger partial charge in [0.15, 0.2) is 0 Å². The van der Waals surface area contributed by atoms with E-state index in [2.05, 4.69) is 13.0 Å². The van der Waals surface area contributed by atoms with Crippen LogP contribution >= 0.6 is 0 Å². The van der Waals surface area contributed by atoms with Crippen LogP contribution in [0.15, 0.2) is 11.6 Å². The van der Waals surface area contributed by atoms with Gasteiger partial charge in [-0.3, -0.25) is 4.79 Å². The van der Waals surface area contributed by atoms with Crippen molar-refractivity contribution in [1.82, 2.24) is 0 Å². The van der Waals surface area contributed by atoms with E-state index in [1.807, 2.05) is 6.92 Å². The molecule has 2 aliphatic rings. The smallest absolute Gasteiger partial charge is 0.309 e. The summed E-state index contributed by atoms with van der Waals surface area (Å²) in [6.07, 6.45) is 4.06. The highest BCUT2D eigenvalue weighted by atomic mass is 16.4. The summed E-state index contributed by atoms with van der Waals surface area (Å²) in [6, 6.07) is 0. The van der Waals surface area contributed by atoms with Gasteiger partial charge in [0.25, 0.3) is 0 Å². The van der Waals surface area contributed by atoms with Crippen LogP contribution in [0, 0.1) is 17.3 Å². The second-order valence-electron chi connectivity index (χ2n) is 4.38. The molecule has 2 bridgehead atoms. The van der Waals surface area contributed by atoms with Crippen molar-refractivity contribution in [1.29, 1.82) is 0 Å². The molecule has 2 heteroatoms. The van der Waals surface area contributed by atoms with Crippen molar-refractivity contribution >= 4 is 5.97 Å². The van der Waals surface area contributed by atoms with Crippen molar-refractivity contribution in [3.8, 4) is 0 Å². The Labute approximate surface area is 72.3 Å². The summed E-state index contributed by atoms with van der Waals surface area (Å²) in [5.41, 5.74) is 0.934. The average molecular weight is 166 g/mol. The van der Waals surface area contributed by atoms with Crippen LogP contribution in [0.25, 0.3) is 0 Å². The number of hydrogen-bond donors (Lipinski definition) is 1.